The first-order valence-corrected chi connectivity index (χ1v) is 8.73. The zero-order chi connectivity index (χ0) is 20.8. The van der Waals surface area contributed by atoms with Crippen molar-refractivity contribution in [3.8, 4) is 0 Å². The second-order valence-electron chi connectivity index (χ2n) is 6.76. The maximum absolute atomic E-state index is 12.1. The van der Waals surface area contributed by atoms with Crippen molar-refractivity contribution in [3.63, 3.8) is 0 Å². The number of esters is 2. The summed E-state index contributed by atoms with van der Waals surface area (Å²) in [6.45, 7) is 6.81. The van der Waals surface area contributed by atoms with Gasteiger partial charge in [0.05, 0.1) is 5.69 Å². The summed E-state index contributed by atoms with van der Waals surface area (Å²) in [5, 5.41) is 25.1. The second kappa shape index (κ2) is 6.96. The van der Waals surface area contributed by atoms with Gasteiger partial charge in [-0.05, 0) is 12.1 Å². The van der Waals surface area contributed by atoms with E-state index in [2.05, 4.69) is 14.9 Å². The first-order chi connectivity index (χ1) is 13.9. The molecule has 2 aromatic rings. The fraction of sp³-hybridized carbons (Fsp3) is 0.471. The first kappa shape index (κ1) is 19.1. The van der Waals surface area contributed by atoms with Gasteiger partial charge in [0.2, 0.25) is 0 Å². The Bertz CT molecular complexity index is 1020. The molecule has 0 amide bonds. The largest absolute Gasteiger partial charge is 0.451 e. The van der Waals surface area contributed by atoms with Gasteiger partial charge in [0.25, 0.3) is 0 Å². The van der Waals surface area contributed by atoms with Gasteiger partial charge in [-0.15, -0.1) is 0 Å². The molecule has 2 aliphatic heterocycles. The average Bonchev–Trinajstić information content (AvgIpc) is 3.40. The Balaban J connectivity index is 1.55. The van der Waals surface area contributed by atoms with Crippen LogP contribution in [0.25, 0.3) is 10.4 Å². The number of rotatable bonds is 4. The molecule has 0 unspecified atom stereocenters. The third-order valence-corrected chi connectivity index (χ3v) is 4.99. The number of carbonyl (C=O) groups excluding carboxylic acids is 2. The average molecular weight is 403 g/mol. The standard InChI is InChI=1S/C17H17N5O7/c1-19-17(6-27-16(26)10-4-5-11(23)28-10)14(25)12(24)13(29-17)8-2-3-9-15(18)20-7-21-22(8)9/h2-3,7,10,12-14,24-25H,4-6H2,(H2,18,20,21)/t10-,12+,13+,14+,17-/m1/s1. The lowest BCUT2D eigenvalue weighted by Crippen LogP contribution is -2.45. The Hall–Kier alpha value is -3.27. The lowest BCUT2D eigenvalue weighted by atomic mass is 10.0. The molecule has 0 aliphatic carbocycles. The minimum atomic E-state index is -2.04. The lowest BCUT2D eigenvalue weighted by molar-refractivity contribution is -0.169. The van der Waals surface area contributed by atoms with Crippen LogP contribution in [0, 0.1) is 6.57 Å². The summed E-state index contributed by atoms with van der Waals surface area (Å²) in [4.78, 5) is 30.4. The number of fused-ring (bicyclic) bond motifs is 1. The fourth-order valence-electron chi connectivity index (χ4n) is 3.42. The van der Waals surface area contributed by atoms with E-state index in [1.54, 1.807) is 12.1 Å². The maximum Gasteiger partial charge on any atom is 0.400 e. The van der Waals surface area contributed by atoms with Gasteiger partial charge in [-0.25, -0.2) is 20.9 Å². The van der Waals surface area contributed by atoms with Crippen molar-refractivity contribution in [3.05, 3.63) is 35.6 Å². The zero-order valence-corrected chi connectivity index (χ0v) is 15.0. The van der Waals surface area contributed by atoms with E-state index in [0.29, 0.717) is 11.2 Å². The van der Waals surface area contributed by atoms with E-state index in [-0.39, 0.29) is 18.7 Å². The number of carbonyl (C=O) groups is 2. The van der Waals surface area contributed by atoms with Gasteiger partial charge in [-0.1, -0.05) is 0 Å². The van der Waals surface area contributed by atoms with Crippen molar-refractivity contribution >= 4 is 23.3 Å². The van der Waals surface area contributed by atoms with Gasteiger partial charge in [-0.3, -0.25) is 14.4 Å². The molecule has 12 nitrogen and oxygen atoms in total. The second-order valence-corrected chi connectivity index (χ2v) is 6.76. The number of anilines is 1. The van der Waals surface area contributed by atoms with Gasteiger partial charge in [0, 0.05) is 12.8 Å². The molecule has 5 atom stereocenters. The van der Waals surface area contributed by atoms with Crippen LogP contribution in [0.4, 0.5) is 5.82 Å². The summed E-state index contributed by atoms with van der Waals surface area (Å²) < 4.78 is 17.0. The molecule has 4 heterocycles. The van der Waals surface area contributed by atoms with E-state index in [9.17, 15) is 19.8 Å². The molecule has 0 bridgehead atoms. The van der Waals surface area contributed by atoms with Crippen LogP contribution in [-0.4, -0.2) is 67.4 Å². The smallest absolute Gasteiger partial charge is 0.400 e. The minimum Gasteiger partial charge on any atom is -0.451 e. The quantitative estimate of drug-likeness (QED) is 0.425. The van der Waals surface area contributed by atoms with Crippen LogP contribution in [0.2, 0.25) is 0 Å². The number of aliphatic hydroxyl groups excluding tert-OH is 2. The molecule has 4 N–H and O–H groups in total. The normalized spacial score (nSPS) is 31.6. The number of hydrogen-bond acceptors (Lipinski definition) is 10. The van der Waals surface area contributed by atoms with Crippen molar-refractivity contribution < 1.29 is 34.0 Å². The Morgan fingerprint density at radius 2 is 2.28 bits per heavy atom. The van der Waals surface area contributed by atoms with Crippen molar-refractivity contribution in [1.82, 2.24) is 14.6 Å². The molecule has 2 saturated heterocycles. The zero-order valence-electron chi connectivity index (χ0n) is 15.0. The molecule has 2 aliphatic rings. The summed E-state index contributed by atoms with van der Waals surface area (Å²) in [5.41, 5.74) is 4.55. The van der Waals surface area contributed by atoms with Gasteiger partial charge in [0.15, 0.2) is 24.6 Å². The van der Waals surface area contributed by atoms with E-state index in [1.165, 1.54) is 10.8 Å². The molecule has 0 radical (unpaired) electrons. The summed E-state index contributed by atoms with van der Waals surface area (Å²) in [6.07, 6.45) is -3.88. The van der Waals surface area contributed by atoms with Gasteiger partial charge >= 0.3 is 17.7 Å². The maximum atomic E-state index is 12.1. The number of cyclic esters (lactones) is 1. The summed E-state index contributed by atoms with van der Waals surface area (Å²) >= 11 is 0. The molecule has 0 saturated carbocycles. The third-order valence-electron chi connectivity index (χ3n) is 4.99. The number of nitrogens with two attached hydrogens (primary N) is 1. The van der Waals surface area contributed by atoms with Crippen LogP contribution in [0.5, 0.6) is 0 Å². The summed E-state index contributed by atoms with van der Waals surface area (Å²) in [6, 6.07) is 3.18. The highest BCUT2D eigenvalue weighted by Crippen LogP contribution is 2.42. The SMILES string of the molecule is [C-]#[N+][C@]1(COC(=O)[C@H]2CCC(=O)O2)O[C@@H](c2ccc3c(N)ncnn23)[C@H](O)[C@@H]1O. The molecule has 0 aromatic carbocycles. The van der Waals surface area contributed by atoms with Crippen molar-refractivity contribution in [2.45, 2.75) is 43.0 Å². The molecule has 4 rings (SSSR count). The monoisotopic (exact) mass is 403 g/mol. The lowest BCUT2D eigenvalue weighted by Gasteiger charge is -2.20. The first-order valence-electron chi connectivity index (χ1n) is 8.73. The highest BCUT2D eigenvalue weighted by atomic mass is 16.6. The van der Waals surface area contributed by atoms with E-state index in [0.717, 1.165) is 0 Å². The molecule has 29 heavy (non-hydrogen) atoms. The van der Waals surface area contributed by atoms with E-state index in [4.69, 9.17) is 26.5 Å². The minimum absolute atomic E-state index is 0.0971. The third kappa shape index (κ3) is 3.05. The Labute approximate surface area is 163 Å². The van der Waals surface area contributed by atoms with Gasteiger partial charge in [-0.2, -0.15) is 5.10 Å². The summed E-state index contributed by atoms with van der Waals surface area (Å²) in [5.74, 6) is -1.15. The van der Waals surface area contributed by atoms with Gasteiger partial charge in [0.1, 0.15) is 24.1 Å². The fourth-order valence-corrected chi connectivity index (χ4v) is 3.42. The van der Waals surface area contributed by atoms with E-state index in [1.807, 2.05) is 0 Å². The Kier molecular flexibility index (Phi) is 4.58. The molecule has 12 heteroatoms. The van der Waals surface area contributed by atoms with E-state index < -0.39 is 48.7 Å². The molecule has 0 spiro atoms. The number of nitrogen functional groups attached to an aromatic ring is 1. The van der Waals surface area contributed by atoms with Crippen LogP contribution >= 0.6 is 0 Å². The molecule has 2 aromatic heterocycles. The topological polar surface area (TPSA) is 163 Å². The van der Waals surface area contributed by atoms with Crippen LogP contribution in [0.15, 0.2) is 18.5 Å². The summed E-state index contributed by atoms with van der Waals surface area (Å²) in [7, 11) is 0. The van der Waals surface area contributed by atoms with Crippen LogP contribution < -0.4 is 5.73 Å². The van der Waals surface area contributed by atoms with Crippen LogP contribution in [0.1, 0.15) is 24.6 Å². The number of aromatic nitrogens is 3. The number of nitrogens with zero attached hydrogens (tertiary/aromatic N) is 4. The van der Waals surface area contributed by atoms with Crippen LogP contribution in [0.3, 0.4) is 0 Å². The molecule has 152 valence electrons. The highest BCUT2D eigenvalue weighted by molar-refractivity contribution is 5.82. The highest BCUT2D eigenvalue weighted by Gasteiger charge is 2.62. The molecular weight excluding hydrogens is 386 g/mol. The van der Waals surface area contributed by atoms with Crippen molar-refractivity contribution in [2.75, 3.05) is 12.3 Å². The number of ether oxygens (including phenoxy) is 3. The predicted molar refractivity (Wildman–Crippen MR) is 92.6 cm³/mol. The van der Waals surface area contributed by atoms with E-state index >= 15 is 0 Å². The number of aliphatic hydroxyl groups is 2. The predicted octanol–water partition coefficient (Wildman–Crippen LogP) is -1.03. The Morgan fingerprint density at radius 1 is 1.48 bits per heavy atom. The molecule has 2 fully saturated rings. The van der Waals surface area contributed by atoms with Crippen LogP contribution in [-0.2, 0) is 23.8 Å². The van der Waals surface area contributed by atoms with Crippen molar-refractivity contribution in [1.29, 1.82) is 0 Å². The van der Waals surface area contributed by atoms with Crippen molar-refractivity contribution in [2.24, 2.45) is 0 Å². The molecular formula is C17H17N5O7. The Morgan fingerprint density at radius 3 is 2.97 bits per heavy atom. The van der Waals surface area contributed by atoms with Gasteiger partial charge < -0.3 is 25.4 Å². The number of hydrogen-bond donors (Lipinski definition) is 3.